The first-order chi connectivity index (χ1) is 7.79. The van der Waals surface area contributed by atoms with Gasteiger partial charge < -0.3 is 9.63 Å². The van der Waals surface area contributed by atoms with Gasteiger partial charge in [-0.1, -0.05) is 31.3 Å². The van der Waals surface area contributed by atoms with Gasteiger partial charge in [-0.15, -0.1) is 0 Å². The first kappa shape index (κ1) is 11.6. The fourth-order valence-corrected chi connectivity index (χ4v) is 2.22. The van der Waals surface area contributed by atoms with Crippen molar-refractivity contribution < 1.29 is 9.63 Å². The van der Waals surface area contributed by atoms with Gasteiger partial charge >= 0.3 is 0 Å². The van der Waals surface area contributed by atoms with E-state index >= 15 is 0 Å². The lowest BCUT2D eigenvalue weighted by molar-refractivity contribution is 0.158. The van der Waals surface area contributed by atoms with Gasteiger partial charge in [-0.25, -0.2) is 0 Å². The zero-order chi connectivity index (χ0) is 11.4. The van der Waals surface area contributed by atoms with Crippen molar-refractivity contribution in [2.75, 3.05) is 0 Å². The van der Waals surface area contributed by atoms with Crippen molar-refractivity contribution in [3.63, 3.8) is 0 Å². The summed E-state index contributed by atoms with van der Waals surface area (Å²) in [6.45, 7) is 1.95. The lowest BCUT2D eigenvalue weighted by atomic mass is 9.89. The third kappa shape index (κ3) is 2.82. The topological polar surface area (TPSA) is 59.2 Å². The van der Waals surface area contributed by atoms with Crippen LogP contribution in [-0.4, -0.2) is 21.4 Å². The molecule has 1 saturated carbocycles. The van der Waals surface area contributed by atoms with Crippen molar-refractivity contribution in [2.45, 2.75) is 63.9 Å². The first-order valence-corrected chi connectivity index (χ1v) is 6.30. The maximum absolute atomic E-state index is 9.50. The summed E-state index contributed by atoms with van der Waals surface area (Å²) >= 11 is 0. The molecule has 1 aliphatic rings. The number of hydrogen-bond acceptors (Lipinski definition) is 4. The van der Waals surface area contributed by atoms with E-state index in [0.717, 1.165) is 12.2 Å². The van der Waals surface area contributed by atoms with Gasteiger partial charge in [0.2, 0.25) is 5.89 Å². The minimum atomic E-state index is -0.361. The summed E-state index contributed by atoms with van der Waals surface area (Å²) in [5.74, 6) is 1.90. The second kappa shape index (κ2) is 5.43. The number of aliphatic hydroxyl groups excluding tert-OH is 1. The molecule has 1 aliphatic carbocycles. The van der Waals surface area contributed by atoms with Gasteiger partial charge in [-0.3, -0.25) is 0 Å². The minimum absolute atomic E-state index is 0.361. The van der Waals surface area contributed by atoms with Gasteiger partial charge in [0.25, 0.3) is 0 Å². The molecule has 0 aromatic carbocycles. The van der Waals surface area contributed by atoms with Crippen LogP contribution in [0.1, 0.15) is 63.1 Å². The summed E-state index contributed by atoms with van der Waals surface area (Å²) in [5, 5.41) is 13.5. The van der Waals surface area contributed by atoms with E-state index in [-0.39, 0.29) is 6.10 Å². The van der Waals surface area contributed by atoms with Crippen LogP contribution in [0.3, 0.4) is 0 Å². The van der Waals surface area contributed by atoms with Crippen molar-refractivity contribution in [3.8, 4) is 0 Å². The fraction of sp³-hybridized carbons (Fsp3) is 0.833. The molecule has 1 aromatic heterocycles. The molecule has 0 bridgehead atoms. The molecule has 1 heterocycles. The molecular formula is C12H20N2O2. The fourth-order valence-electron chi connectivity index (χ4n) is 2.22. The van der Waals surface area contributed by atoms with Gasteiger partial charge in [0, 0.05) is 5.92 Å². The predicted octanol–water partition coefficient (Wildman–Crippen LogP) is 2.43. The molecule has 4 nitrogen and oxygen atoms in total. The quantitative estimate of drug-likeness (QED) is 0.853. The van der Waals surface area contributed by atoms with Crippen LogP contribution in [0.4, 0.5) is 0 Å². The molecule has 1 fully saturated rings. The van der Waals surface area contributed by atoms with Crippen LogP contribution >= 0.6 is 0 Å². The number of rotatable bonds is 4. The van der Waals surface area contributed by atoms with E-state index in [1.165, 1.54) is 32.1 Å². The molecule has 0 aliphatic heterocycles. The van der Waals surface area contributed by atoms with Crippen LogP contribution in [0.2, 0.25) is 0 Å². The van der Waals surface area contributed by atoms with E-state index in [4.69, 9.17) is 4.52 Å². The Hall–Kier alpha value is -0.900. The highest BCUT2D eigenvalue weighted by molar-refractivity contribution is 4.97. The average Bonchev–Trinajstić information content (AvgIpc) is 2.78. The Labute approximate surface area is 96.1 Å². The highest BCUT2D eigenvalue weighted by Gasteiger charge is 2.21. The third-order valence-corrected chi connectivity index (χ3v) is 3.34. The van der Waals surface area contributed by atoms with Gasteiger partial charge in [-0.2, -0.15) is 4.98 Å². The van der Waals surface area contributed by atoms with E-state index in [1.807, 2.05) is 6.92 Å². The van der Waals surface area contributed by atoms with Crippen molar-refractivity contribution >= 4 is 0 Å². The Balaban J connectivity index is 1.95. The first-order valence-electron chi connectivity index (χ1n) is 6.30. The van der Waals surface area contributed by atoms with Crippen LogP contribution in [-0.2, 0) is 6.42 Å². The largest absolute Gasteiger partial charge is 0.393 e. The molecule has 90 valence electrons. The normalized spacial score (nSPS) is 19.9. The van der Waals surface area contributed by atoms with Crippen LogP contribution in [0.25, 0.3) is 0 Å². The van der Waals surface area contributed by atoms with Crippen molar-refractivity contribution in [1.82, 2.24) is 10.1 Å². The van der Waals surface area contributed by atoms with E-state index in [2.05, 4.69) is 10.1 Å². The molecule has 0 radical (unpaired) electrons. The molecular weight excluding hydrogens is 204 g/mol. The molecule has 1 unspecified atom stereocenters. The molecule has 1 N–H and O–H groups in total. The molecule has 0 saturated heterocycles. The average molecular weight is 224 g/mol. The van der Waals surface area contributed by atoms with Gasteiger partial charge in [0.05, 0.1) is 12.5 Å². The minimum Gasteiger partial charge on any atom is -0.393 e. The van der Waals surface area contributed by atoms with Gasteiger partial charge in [0.15, 0.2) is 5.82 Å². The highest BCUT2D eigenvalue weighted by atomic mass is 16.5. The van der Waals surface area contributed by atoms with E-state index < -0.39 is 0 Å². The van der Waals surface area contributed by atoms with Crippen LogP contribution in [0, 0.1) is 0 Å². The monoisotopic (exact) mass is 224 g/mol. The number of aliphatic hydroxyl groups is 1. The maximum atomic E-state index is 9.50. The maximum Gasteiger partial charge on any atom is 0.229 e. The van der Waals surface area contributed by atoms with Gasteiger partial charge in [-0.05, 0) is 19.3 Å². The van der Waals surface area contributed by atoms with Crippen molar-refractivity contribution in [1.29, 1.82) is 0 Å². The molecule has 0 spiro atoms. The highest BCUT2D eigenvalue weighted by Crippen LogP contribution is 2.30. The molecule has 16 heavy (non-hydrogen) atoms. The Morgan fingerprint density at radius 3 is 2.81 bits per heavy atom. The SMILES string of the molecule is CCC(O)Cc1nc(C2CCCCC2)no1. The van der Waals surface area contributed by atoms with Crippen LogP contribution in [0.5, 0.6) is 0 Å². The third-order valence-electron chi connectivity index (χ3n) is 3.34. The van der Waals surface area contributed by atoms with Crippen LogP contribution in [0.15, 0.2) is 4.52 Å². The number of hydrogen-bond donors (Lipinski definition) is 1. The summed E-state index contributed by atoms with van der Waals surface area (Å²) in [7, 11) is 0. The molecule has 1 atom stereocenters. The Kier molecular flexibility index (Phi) is 3.93. The standard InChI is InChI=1S/C12H20N2O2/c1-2-10(15)8-11-13-12(14-16-11)9-6-4-3-5-7-9/h9-10,15H,2-8H2,1H3. The summed E-state index contributed by atoms with van der Waals surface area (Å²) < 4.78 is 5.17. The molecule has 4 heteroatoms. The number of aromatic nitrogens is 2. The number of nitrogens with zero attached hydrogens (tertiary/aromatic N) is 2. The van der Waals surface area contributed by atoms with E-state index in [9.17, 15) is 5.11 Å². The zero-order valence-electron chi connectivity index (χ0n) is 9.85. The Morgan fingerprint density at radius 1 is 1.38 bits per heavy atom. The van der Waals surface area contributed by atoms with Gasteiger partial charge in [0.1, 0.15) is 0 Å². The smallest absolute Gasteiger partial charge is 0.229 e. The van der Waals surface area contributed by atoms with E-state index in [1.54, 1.807) is 0 Å². The van der Waals surface area contributed by atoms with Crippen molar-refractivity contribution in [3.05, 3.63) is 11.7 Å². The predicted molar refractivity (Wildman–Crippen MR) is 60.1 cm³/mol. The zero-order valence-corrected chi connectivity index (χ0v) is 9.85. The Bertz CT molecular complexity index is 319. The lowest BCUT2D eigenvalue weighted by Gasteiger charge is -2.17. The second-order valence-electron chi connectivity index (χ2n) is 4.65. The summed E-state index contributed by atoms with van der Waals surface area (Å²) in [6.07, 6.45) is 7.07. The summed E-state index contributed by atoms with van der Waals surface area (Å²) in [6, 6.07) is 0. The Morgan fingerprint density at radius 2 is 2.12 bits per heavy atom. The summed E-state index contributed by atoms with van der Waals surface area (Å²) in [5.41, 5.74) is 0. The second-order valence-corrected chi connectivity index (χ2v) is 4.65. The van der Waals surface area contributed by atoms with E-state index in [0.29, 0.717) is 18.2 Å². The summed E-state index contributed by atoms with van der Waals surface area (Å²) in [4.78, 5) is 4.38. The lowest BCUT2D eigenvalue weighted by Crippen LogP contribution is -2.09. The molecule has 2 rings (SSSR count). The molecule has 0 amide bonds. The van der Waals surface area contributed by atoms with Crippen molar-refractivity contribution in [2.24, 2.45) is 0 Å². The molecule has 1 aromatic rings. The van der Waals surface area contributed by atoms with Crippen LogP contribution < -0.4 is 0 Å².